The van der Waals surface area contributed by atoms with Crippen LogP contribution in [-0.4, -0.2) is 27.9 Å². The number of benzene rings is 1. The molecule has 0 radical (unpaired) electrons. The van der Waals surface area contributed by atoms with Gasteiger partial charge in [0.1, 0.15) is 4.90 Å². The van der Waals surface area contributed by atoms with Gasteiger partial charge in [0, 0.05) is 17.1 Å². The van der Waals surface area contributed by atoms with E-state index in [-0.39, 0.29) is 53.2 Å². The second-order valence-corrected chi connectivity index (χ2v) is 11.6. The van der Waals surface area contributed by atoms with Gasteiger partial charge in [0.2, 0.25) is 10.0 Å². The zero-order valence-corrected chi connectivity index (χ0v) is 23.3. The standard InChI is InChI=1S/C23H26ClNO5S2.Na.H/c1-16(2)17-6-12-21-18(15-23(32(28,29)30)22(21)13-7-17)5-3-4-14-25-31(26,27)20-10-8-19(24)9-11-20;;/h6-13,15-16,25H,3-5,14H2,1-2H3,(H,28,29,30);;/q;+1;-1. The van der Waals surface area contributed by atoms with Gasteiger partial charge in [-0.15, -0.1) is 0 Å². The predicted octanol–water partition coefficient (Wildman–Crippen LogP) is 2.23. The van der Waals surface area contributed by atoms with Crippen molar-refractivity contribution in [1.29, 1.82) is 0 Å². The Morgan fingerprint density at radius 2 is 1.55 bits per heavy atom. The number of unbranched alkanes of at least 4 members (excludes halogenated alkanes) is 1. The van der Waals surface area contributed by atoms with Gasteiger partial charge < -0.3 is 1.43 Å². The van der Waals surface area contributed by atoms with E-state index in [9.17, 15) is 21.4 Å². The molecule has 0 atom stereocenters. The van der Waals surface area contributed by atoms with Crippen LogP contribution in [0.1, 0.15) is 45.2 Å². The Balaban J connectivity index is 0.00000289. The van der Waals surface area contributed by atoms with Crippen molar-refractivity contribution in [3.8, 4) is 11.1 Å². The first kappa shape index (κ1) is 28.3. The van der Waals surface area contributed by atoms with E-state index in [2.05, 4.69) is 18.6 Å². The summed E-state index contributed by atoms with van der Waals surface area (Å²) in [6.45, 7) is 4.35. The molecule has 0 fully saturated rings. The van der Waals surface area contributed by atoms with E-state index in [0.29, 0.717) is 29.8 Å². The van der Waals surface area contributed by atoms with E-state index in [4.69, 9.17) is 11.6 Å². The molecule has 6 nitrogen and oxygen atoms in total. The third-order valence-electron chi connectivity index (χ3n) is 5.33. The van der Waals surface area contributed by atoms with E-state index in [1.54, 1.807) is 6.07 Å². The summed E-state index contributed by atoms with van der Waals surface area (Å²) in [4.78, 5) is 0.0482. The van der Waals surface area contributed by atoms with Crippen LogP contribution in [0.3, 0.4) is 0 Å². The SMILES string of the molecule is CC(C)c1ccc2c(CCCCNS(=O)(=O)c3ccc(Cl)cc3)cc(S(=O)(=O)O)c-2cc1.[H-].[Na+]. The third-order valence-corrected chi connectivity index (χ3v) is 7.95. The minimum atomic E-state index is -4.36. The Kier molecular flexibility index (Phi) is 9.97. The van der Waals surface area contributed by atoms with Crippen LogP contribution >= 0.6 is 11.6 Å². The van der Waals surface area contributed by atoms with Gasteiger partial charge in [0.05, 0.1) is 4.90 Å². The number of hydrogen-bond donors (Lipinski definition) is 2. The first-order chi connectivity index (χ1) is 15.0. The second kappa shape index (κ2) is 11.6. The predicted molar refractivity (Wildman–Crippen MR) is 128 cm³/mol. The zero-order chi connectivity index (χ0) is 23.5. The normalized spacial score (nSPS) is 12.2. The molecule has 0 bridgehead atoms. The number of rotatable bonds is 9. The maximum Gasteiger partial charge on any atom is 1.00 e. The molecule has 0 saturated carbocycles. The van der Waals surface area contributed by atoms with E-state index in [1.165, 1.54) is 30.3 Å². The molecule has 0 unspecified atom stereocenters. The fourth-order valence-electron chi connectivity index (χ4n) is 3.55. The Hall–Kier alpha value is -0.970. The molecule has 0 amide bonds. The number of fused-ring (bicyclic) bond motifs is 1. The van der Waals surface area contributed by atoms with Gasteiger partial charge in [-0.05, 0) is 72.2 Å². The molecule has 2 N–H and O–H groups in total. The molecule has 2 aliphatic rings. The average Bonchev–Trinajstić information content (AvgIpc) is 2.91. The van der Waals surface area contributed by atoms with E-state index < -0.39 is 20.1 Å². The minimum Gasteiger partial charge on any atom is -1.00 e. The molecule has 0 aromatic heterocycles. The molecular weight excluding hydrogens is 493 g/mol. The zero-order valence-electron chi connectivity index (χ0n) is 19.9. The molecule has 174 valence electrons. The van der Waals surface area contributed by atoms with Crippen molar-refractivity contribution in [3.05, 3.63) is 70.7 Å². The number of aryl methyl sites for hydroxylation is 1. The molecule has 1 aromatic rings. The maximum atomic E-state index is 12.3. The Morgan fingerprint density at radius 3 is 2.12 bits per heavy atom. The maximum absolute atomic E-state index is 12.3. The first-order valence-electron chi connectivity index (χ1n) is 10.3. The quantitative estimate of drug-likeness (QED) is 0.256. The number of nitrogens with one attached hydrogen (secondary N) is 1. The van der Waals surface area contributed by atoms with Crippen molar-refractivity contribution >= 4 is 31.7 Å². The van der Waals surface area contributed by atoms with Crippen molar-refractivity contribution in [2.75, 3.05) is 6.54 Å². The number of hydrogen-bond acceptors (Lipinski definition) is 4. The monoisotopic (exact) mass is 519 g/mol. The van der Waals surface area contributed by atoms with Crippen molar-refractivity contribution in [2.45, 2.75) is 48.8 Å². The molecule has 33 heavy (non-hydrogen) atoms. The van der Waals surface area contributed by atoms with E-state index in [0.717, 1.165) is 16.7 Å². The van der Waals surface area contributed by atoms with Gasteiger partial charge in [0.15, 0.2) is 0 Å². The molecule has 2 aliphatic carbocycles. The summed E-state index contributed by atoms with van der Waals surface area (Å²) in [6.07, 6.45) is 1.76. The van der Waals surface area contributed by atoms with Crippen molar-refractivity contribution in [3.63, 3.8) is 0 Å². The smallest absolute Gasteiger partial charge is 1.00 e. The van der Waals surface area contributed by atoms with Gasteiger partial charge in [-0.2, -0.15) is 8.42 Å². The Bertz CT molecular complexity index is 1280. The summed E-state index contributed by atoms with van der Waals surface area (Å²) in [5.74, 6) is 0.276. The second-order valence-electron chi connectivity index (χ2n) is 7.97. The summed E-state index contributed by atoms with van der Waals surface area (Å²) in [7, 11) is -7.98. The Labute approximate surface area is 224 Å². The number of halogens is 1. The van der Waals surface area contributed by atoms with Crippen molar-refractivity contribution in [1.82, 2.24) is 4.72 Å². The van der Waals surface area contributed by atoms with E-state index >= 15 is 0 Å². The van der Waals surface area contributed by atoms with Crippen LogP contribution in [0, 0.1) is 0 Å². The molecular formula is C23H27ClNNaO5S2. The summed E-state index contributed by atoms with van der Waals surface area (Å²) in [5.41, 5.74) is 3.12. The Morgan fingerprint density at radius 1 is 0.939 bits per heavy atom. The molecule has 0 saturated heterocycles. The van der Waals surface area contributed by atoms with Gasteiger partial charge in [-0.1, -0.05) is 49.7 Å². The minimum absolute atomic E-state index is 0. The summed E-state index contributed by atoms with van der Waals surface area (Å²) >= 11 is 5.80. The third kappa shape index (κ3) is 7.26. The molecule has 0 spiro atoms. The fraction of sp³-hybridized carbons (Fsp3) is 0.304. The van der Waals surface area contributed by atoms with Crippen LogP contribution in [0.2, 0.25) is 5.02 Å². The van der Waals surface area contributed by atoms with Crippen LogP contribution in [-0.2, 0) is 26.6 Å². The molecule has 10 heteroatoms. The van der Waals surface area contributed by atoms with Gasteiger partial charge in [-0.3, -0.25) is 4.55 Å². The topological polar surface area (TPSA) is 101 Å². The van der Waals surface area contributed by atoms with Gasteiger partial charge in [0.25, 0.3) is 10.1 Å². The summed E-state index contributed by atoms with van der Waals surface area (Å²) < 4.78 is 60.7. The summed E-state index contributed by atoms with van der Waals surface area (Å²) in [5, 5.41) is 0.462. The van der Waals surface area contributed by atoms with Gasteiger partial charge in [-0.25, -0.2) is 13.1 Å². The van der Waals surface area contributed by atoms with Crippen LogP contribution in [0.15, 0.2) is 64.4 Å². The first-order valence-corrected chi connectivity index (χ1v) is 13.6. The van der Waals surface area contributed by atoms with Crippen LogP contribution in [0.5, 0.6) is 0 Å². The van der Waals surface area contributed by atoms with E-state index in [1.807, 2.05) is 18.2 Å². The van der Waals surface area contributed by atoms with Crippen LogP contribution < -0.4 is 34.3 Å². The average molecular weight is 520 g/mol. The number of sulfonamides is 1. The molecule has 0 heterocycles. The van der Waals surface area contributed by atoms with Crippen LogP contribution in [0.4, 0.5) is 0 Å². The molecule has 0 aliphatic heterocycles. The largest absolute Gasteiger partial charge is 1.00 e. The van der Waals surface area contributed by atoms with Gasteiger partial charge >= 0.3 is 29.6 Å². The summed E-state index contributed by atoms with van der Waals surface area (Å²) in [6, 6.07) is 14.9. The molecule has 3 rings (SSSR count). The van der Waals surface area contributed by atoms with Crippen molar-refractivity contribution in [2.24, 2.45) is 0 Å². The fourth-order valence-corrected chi connectivity index (χ4v) is 5.50. The van der Waals surface area contributed by atoms with Crippen molar-refractivity contribution < 1.29 is 52.4 Å². The van der Waals surface area contributed by atoms with Crippen LogP contribution in [0.25, 0.3) is 11.1 Å². The molecule has 1 aromatic carbocycles.